The molecule has 0 saturated carbocycles. The summed E-state index contributed by atoms with van der Waals surface area (Å²) in [6, 6.07) is 1.81. The van der Waals surface area contributed by atoms with Crippen LogP contribution in [0.1, 0.15) is 11.4 Å². The van der Waals surface area contributed by atoms with Gasteiger partial charge in [0.1, 0.15) is 0 Å². The largest absolute Gasteiger partial charge is 0.492 e. The zero-order valence-electron chi connectivity index (χ0n) is 10.2. The lowest BCUT2D eigenvalue weighted by Gasteiger charge is -1.91. The van der Waals surface area contributed by atoms with Gasteiger partial charge in [0.25, 0.3) is 0 Å². The van der Waals surface area contributed by atoms with Crippen LogP contribution in [0.5, 0.6) is 5.88 Å². The Morgan fingerprint density at radius 2 is 1.82 bits per heavy atom. The smallest absolute Gasteiger partial charge is 0.237 e. The van der Waals surface area contributed by atoms with Crippen LogP contribution in [-0.4, -0.2) is 24.7 Å². The minimum Gasteiger partial charge on any atom is -0.492 e. The summed E-state index contributed by atoms with van der Waals surface area (Å²) in [4.78, 5) is 0. The molecule has 0 aromatic carbocycles. The number of aromatic nitrogens is 4. The van der Waals surface area contributed by atoms with Crippen LogP contribution in [0.15, 0.2) is 16.3 Å². The SMILES string of the molecule is Cc1nn(C)c(O)c1N=Nc1cc(C)n(C)n1. The second kappa shape index (κ2) is 4.00. The molecule has 0 saturated heterocycles. The highest BCUT2D eigenvalue weighted by Crippen LogP contribution is 2.30. The minimum atomic E-state index is -0.00102. The summed E-state index contributed by atoms with van der Waals surface area (Å²) >= 11 is 0. The van der Waals surface area contributed by atoms with Crippen LogP contribution in [0.3, 0.4) is 0 Å². The molecule has 0 spiro atoms. The van der Waals surface area contributed by atoms with Gasteiger partial charge in [-0.25, -0.2) is 4.68 Å². The predicted octanol–water partition coefficient (Wildman–Crippen LogP) is 1.89. The van der Waals surface area contributed by atoms with Crippen LogP contribution in [-0.2, 0) is 14.1 Å². The van der Waals surface area contributed by atoms with Crippen LogP contribution in [0.2, 0.25) is 0 Å². The molecule has 0 aliphatic heterocycles. The van der Waals surface area contributed by atoms with Gasteiger partial charge in [0.05, 0.1) is 5.69 Å². The average Bonchev–Trinajstić information content (AvgIpc) is 2.69. The van der Waals surface area contributed by atoms with Crippen molar-refractivity contribution in [1.82, 2.24) is 19.6 Å². The molecule has 1 N–H and O–H groups in total. The maximum Gasteiger partial charge on any atom is 0.237 e. The highest BCUT2D eigenvalue weighted by atomic mass is 16.3. The monoisotopic (exact) mass is 234 g/mol. The first-order valence-electron chi connectivity index (χ1n) is 5.14. The van der Waals surface area contributed by atoms with Gasteiger partial charge in [0.2, 0.25) is 5.88 Å². The molecule has 17 heavy (non-hydrogen) atoms. The highest BCUT2D eigenvalue weighted by Gasteiger charge is 2.11. The number of aryl methyl sites for hydroxylation is 4. The van der Waals surface area contributed by atoms with Gasteiger partial charge in [-0.1, -0.05) is 0 Å². The van der Waals surface area contributed by atoms with Crippen molar-refractivity contribution >= 4 is 11.5 Å². The van der Waals surface area contributed by atoms with Gasteiger partial charge in [0, 0.05) is 25.9 Å². The van der Waals surface area contributed by atoms with Crippen LogP contribution < -0.4 is 0 Å². The van der Waals surface area contributed by atoms with Crippen LogP contribution in [0.25, 0.3) is 0 Å². The summed E-state index contributed by atoms with van der Waals surface area (Å²) < 4.78 is 3.07. The molecule has 2 aromatic rings. The van der Waals surface area contributed by atoms with Crippen molar-refractivity contribution in [3.63, 3.8) is 0 Å². The molecular weight excluding hydrogens is 220 g/mol. The average molecular weight is 234 g/mol. The minimum absolute atomic E-state index is 0.00102. The number of azo groups is 1. The fourth-order valence-electron chi connectivity index (χ4n) is 1.44. The molecule has 0 amide bonds. The number of hydrogen-bond donors (Lipinski definition) is 1. The van der Waals surface area contributed by atoms with E-state index in [0.29, 0.717) is 17.2 Å². The Balaban J connectivity index is 2.32. The standard InChI is InChI=1S/C10H14N6O/c1-6-5-8(14-15(6)3)11-12-9-7(2)13-16(4)10(9)17/h5,17H,1-4H3. The van der Waals surface area contributed by atoms with E-state index in [1.807, 2.05) is 20.0 Å². The van der Waals surface area contributed by atoms with Crippen LogP contribution in [0.4, 0.5) is 11.5 Å². The van der Waals surface area contributed by atoms with Crippen molar-refractivity contribution in [2.75, 3.05) is 0 Å². The lowest BCUT2D eigenvalue weighted by molar-refractivity contribution is 0.420. The topological polar surface area (TPSA) is 80.6 Å². The third-order valence-corrected chi connectivity index (χ3v) is 2.51. The number of aromatic hydroxyl groups is 1. The quantitative estimate of drug-likeness (QED) is 0.805. The van der Waals surface area contributed by atoms with Gasteiger partial charge < -0.3 is 5.11 Å². The molecular formula is C10H14N6O. The number of nitrogens with zero attached hydrogens (tertiary/aromatic N) is 6. The zero-order chi connectivity index (χ0) is 12.6. The van der Waals surface area contributed by atoms with Gasteiger partial charge >= 0.3 is 0 Å². The second-order valence-electron chi connectivity index (χ2n) is 3.85. The van der Waals surface area contributed by atoms with Crippen molar-refractivity contribution in [3.8, 4) is 5.88 Å². The molecule has 7 heteroatoms. The van der Waals surface area contributed by atoms with Gasteiger partial charge in [0.15, 0.2) is 11.5 Å². The number of hydrogen-bond acceptors (Lipinski definition) is 5. The van der Waals surface area contributed by atoms with Gasteiger partial charge in [-0.2, -0.15) is 10.2 Å². The maximum absolute atomic E-state index is 9.68. The molecule has 2 aromatic heterocycles. The van der Waals surface area contributed by atoms with Crippen molar-refractivity contribution in [3.05, 3.63) is 17.5 Å². The van der Waals surface area contributed by atoms with E-state index in [4.69, 9.17) is 0 Å². The van der Waals surface area contributed by atoms with E-state index in [1.54, 1.807) is 18.7 Å². The van der Waals surface area contributed by atoms with Gasteiger partial charge in [-0.05, 0) is 13.8 Å². The number of rotatable bonds is 2. The lowest BCUT2D eigenvalue weighted by Crippen LogP contribution is -1.90. The van der Waals surface area contributed by atoms with Crippen molar-refractivity contribution in [1.29, 1.82) is 0 Å². The normalized spacial score (nSPS) is 11.5. The highest BCUT2D eigenvalue weighted by molar-refractivity contribution is 5.50. The van der Waals surface area contributed by atoms with E-state index in [2.05, 4.69) is 20.4 Å². The molecule has 0 bridgehead atoms. The van der Waals surface area contributed by atoms with Gasteiger partial charge in [-0.15, -0.1) is 10.2 Å². The molecule has 90 valence electrons. The Morgan fingerprint density at radius 1 is 1.12 bits per heavy atom. The Labute approximate surface area is 98.4 Å². The molecule has 0 fully saturated rings. The molecule has 7 nitrogen and oxygen atoms in total. The molecule has 0 radical (unpaired) electrons. The summed E-state index contributed by atoms with van der Waals surface area (Å²) in [6.07, 6.45) is 0. The molecule has 2 heterocycles. The van der Waals surface area contributed by atoms with E-state index in [-0.39, 0.29) is 5.88 Å². The van der Waals surface area contributed by atoms with E-state index in [9.17, 15) is 5.11 Å². The first-order chi connectivity index (χ1) is 7.99. The van der Waals surface area contributed by atoms with E-state index >= 15 is 0 Å². The first-order valence-corrected chi connectivity index (χ1v) is 5.14. The summed E-state index contributed by atoms with van der Waals surface area (Å²) in [6.45, 7) is 3.69. The Bertz CT molecular complexity index is 560. The van der Waals surface area contributed by atoms with Crippen LogP contribution >= 0.6 is 0 Å². The lowest BCUT2D eigenvalue weighted by atomic mass is 10.4. The first kappa shape index (κ1) is 11.3. The third kappa shape index (κ3) is 2.03. The fourth-order valence-corrected chi connectivity index (χ4v) is 1.44. The van der Waals surface area contributed by atoms with Gasteiger partial charge in [-0.3, -0.25) is 4.68 Å². The van der Waals surface area contributed by atoms with E-state index in [0.717, 1.165) is 5.69 Å². The molecule has 0 unspecified atom stereocenters. The van der Waals surface area contributed by atoms with E-state index < -0.39 is 0 Å². The summed E-state index contributed by atoms with van der Waals surface area (Å²) in [5.74, 6) is 0.506. The summed E-state index contributed by atoms with van der Waals surface area (Å²) in [7, 11) is 3.48. The Morgan fingerprint density at radius 3 is 2.29 bits per heavy atom. The summed E-state index contributed by atoms with van der Waals surface area (Å²) in [5.41, 5.74) is 1.99. The molecule has 0 aliphatic rings. The maximum atomic E-state index is 9.68. The third-order valence-electron chi connectivity index (χ3n) is 2.51. The van der Waals surface area contributed by atoms with Crippen LogP contribution in [0, 0.1) is 13.8 Å². The predicted molar refractivity (Wildman–Crippen MR) is 61.7 cm³/mol. The Kier molecular flexibility index (Phi) is 2.66. The Hall–Kier alpha value is -2.18. The zero-order valence-corrected chi connectivity index (χ0v) is 10.2. The molecule has 2 rings (SSSR count). The summed E-state index contributed by atoms with van der Waals surface area (Å²) in [5, 5.41) is 25.8. The fraction of sp³-hybridized carbons (Fsp3) is 0.400. The second-order valence-corrected chi connectivity index (χ2v) is 3.85. The van der Waals surface area contributed by atoms with Crippen molar-refractivity contribution in [2.24, 2.45) is 24.3 Å². The molecule has 0 aliphatic carbocycles. The van der Waals surface area contributed by atoms with E-state index in [1.165, 1.54) is 4.68 Å². The molecule has 0 atom stereocenters. The van der Waals surface area contributed by atoms with Crippen molar-refractivity contribution < 1.29 is 5.11 Å². The van der Waals surface area contributed by atoms with Crippen molar-refractivity contribution in [2.45, 2.75) is 13.8 Å².